The fraction of sp³-hybridized carbons (Fsp3) is 0.222. The number of carbonyl (C=O) groups excluding carboxylic acids is 1. The summed E-state index contributed by atoms with van der Waals surface area (Å²) in [5.74, 6) is 0.530. The van der Waals surface area contributed by atoms with Gasteiger partial charge in [0.2, 0.25) is 0 Å². The molecule has 23 heavy (non-hydrogen) atoms. The van der Waals surface area contributed by atoms with E-state index in [2.05, 4.69) is 5.32 Å². The normalized spacial score (nSPS) is 11.3. The first-order chi connectivity index (χ1) is 11.2. The second kappa shape index (κ2) is 7.97. The first-order valence-corrected chi connectivity index (χ1v) is 7.13. The average molecular weight is 310 g/mol. The predicted molar refractivity (Wildman–Crippen MR) is 86.2 cm³/mol. The smallest absolute Gasteiger partial charge is 0.251 e. The Balaban J connectivity index is 2.01. The van der Waals surface area contributed by atoms with Gasteiger partial charge in [0.15, 0.2) is 0 Å². The number of hydrogen-bond donors (Lipinski definition) is 1. The lowest BCUT2D eigenvalue weighted by Crippen LogP contribution is -2.29. The molecule has 2 aromatic carbocycles. The van der Waals surface area contributed by atoms with Gasteiger partial charge in [-0.2, -0.15) is 5.26 Å². The molecule has 0 aliphatic carbocycles. The number of hydrogen-bond acceptors (Lipinski definition) is 4. The lowest BCUT2D eigenvalue weighted by atomic mass is 10.1. The zero-order valence-electron chi connectivity index (χ0n) is 13.1. The van der Waals surface area contributed by atoms with E-state index < -0.39 is 0 Å². The summed E-state index contributed by atoms with van der Waals surface area (Å²) >= 11 is 0. The monoisotopic (exact) mass is 310 g/mol. The molecule has 0 aliphatic rings. The summed E-state index contributed by atoms with van der Waals surface area (Å²) in [4.78, 5) is 12.1. The Morgan fingerprint density at radius 1 is 1.22 bits per heavy atom. The van der Waals surface area contributed by atoms with Crippen LogP contribution in [0.25, 0.3) is 0 Å². The van der Waals surface area contributed by atoms with Crippen molar-refractivity contribution in [2.45, 2.75) is 6.10 Å². The number of ether oxygens (including phenoxy) is 2. The number of amides is 1. The summed E-state index contributed by atoms with van der Waals surface area (Å²) in [5, 5.41) is 11.6. The largest absolute Gasteiger partial charge is 0.497 e. The summed E-state index contributed by atoms with van der Waals surface area (Å²) in [6, 6.07) is 16.0. The Hall–Kier alpha value is -2.84. The Bertz CT molecular complexity index is 705. The Labute approximate surface area is 135 Å². The molecule has 0 aromatic heterocycles. The van der Waals surface area contributed by atoms with E-state index in [4.69, 9.17) is 14.7 Å². The zero-order chi connectivity index (χ0) is 16.7. The molecule has 1 N–H and O–H groups in total. The van der Waals surface area contributed by atoms with Crippen LogP contribution in [0.1, 0.15) is 27.6 Å². The van der Waals surface area contributed by atoms with Gasteiger partial charge in [0.1, 0.15) is 5.75 Å². The second-order valence-corrected chi connectivity index (χ2v) is 4.90. The van der Waals surface area contributed by atoms with Crippen LogP contribution in [0.4, 0.5) is 0 Å². The minimum absolute atomic E-state index is 0.209. The lowest BCUT2D eigenvalue weighted by molar-refractivity contribution is 0.0827. The second-order valence-electron chi connectivity index (χ2n) is 4.90. The summed E-state index contributed by atoms with van der Waals surface area (Å²) in [5.41, 5.74) is 1.95. The number of nitrogens with one attached hydrogen (secondary N) is 1. The third kappa shape index (κ3) is 4.31. The minimum atomic E-state index is -0.271. The summed E-state index contributed by atoms with van der Waals surface area (Å²) in [6.07, 6.45) is -0.271. The van der Waals surface area contributed by atoms with Crippen molar-refractivity contribution in [1.29, 1.82) is 5.26 Å². The minimum Gasteiger partial charge on any atom is -0.497 e. The molecule has 0 heterocycles. The summed E-state index contributed by atoms with van der Waals surface area (Å²) in [7, 11) is 3.20. The van der Waals surface area contributed by atoms with E-state index in [0.717, 1.165) is 11.3 Å². The number of nitrogens with zero attached hydrogens (tertiary/aromatic N) is 1. The highest BCUT2D eigenvalue weighted by atomic mass is 16.5. The molecule has 0 bridgehead atoms. The van der Waals surface area contributed by atoms with Gasteiger partial charge < -0.3 is 14.8 Å². The molecule has 0 saturated carbocycles. The Morgan fingerprint density at radius 2 is 1.96 bits per heavy atom. The molecule has 1 amide bonds. The van der Waals surface area contributed by atoms with E-state index in [-0.39, 0.29) is 12.0 Å². The molecule has 5 nitrogen and oxygen atoms in total. The van der Waals surface area contributed by atoms with Crippen molar-refractivity contribution < 1.29 is 14.3 Å². The molecule has 0 fully saturated rings. The molecule has 1 atom stereocenters. The van der Waals surface area contributed by atoms with Crippen LogP contribution in [0, 0.1) is 11.3 Å². The Kier molecular flexibility index (Phi) is 5.73. The van der Waals surface area contributed by atoms with Crippen LogP contribution in [0.5, 0.6) is 5.75 Å². The Morgan fingerprint density at radius 3 is 2.57 bits per heavy atom. The zero-order valence-corrected chi connectivity index (χ0v) is 13.1. The van der Waals surface area contributed by atoms with E-state index >= 15 is 0 Å². The maximum absolute atomic E-state index is 12.1. The molecule has 2 rings (SSSR count). The summed E-state index contributed by atoms with van der Waals surface area (Å²) in [6.45, 7) is 0.336. The number of carbonyl (C=O) groups is 1. The lowest BCUT2D eigenvalue weighted by Gasteiger charge is -2.17. The van der Waals surface area contributed by atoms with E-state index in [9.17, 15) is 4.79 Å². The first kappa shape index (κ1) is 16.5. The van der Waals surface area contributed by atoms with Crippen LogP contribution in [-0.4, -0.2) is 26.7 Å². The van der Waals surface area contributed by atoms with Crippen LogP contribution in [0.15, 0.2) is 48.5 Å². The molecular weight excluding hydrogens is 292 g/mol. The van der Waals surface area contributed by atoms with Crippen LogP contribution >= 0.6 is 0 Å². The molecule has 2 aromatic rings. The highest BCUT2D eigenvalue weighted by Gasteiger charge is 2.13. The fourth-order valence-electron chi connectivity index (χ4n) is 2.16. The van der Waals surface area contributed by atoms with Gasteiger partial charge in [-0.25, -0.2) is 0 Å². The van der Waals surface area contributed by atoms with Crippen molar-refractivity contribution in [3.05, 3.63) is 65.2 Å². The van der Waals surface area contributed by atoms with Gasteiger partial charge in [0, 0.05) is 19.2 Å². The highest BCUT2D eigenvalue weighted by molar-refractivity contribution is 5.94. The number of benzene rings is 2. The third-order valence-corrected chi connectivity index (χ3v) is 3.47. The first-order valence-electron chi connectivity index (χ1n) is 7.13. The molecule has 0 radical (unpaired) electrons. The van der Waals surface area contributed by atoms with Crippen molar-refractivity contribution in [3.8, 4) is 11.8 Å². The van der Waals surface area contributed by atoms with E-state index in [1.807, 2.05) is 30.3 Å². The van der Waals surface area contributed by atoms with Gasteiger partial charge in [0.05, 0.1) is 24.8 Å². The van der Waals surface area contributed by atoms with Gasteiger partial charge in [-0.1, -0.05) is 12.1 Å². The van der Waals surface area contributed by atoms with Crippen molar-refractivity contribution in [3.63, 3.8) is 0 Å². The summed E-state index contributed by atoms with van der Waals surface area (Å²) < 4.78 is 10.6. The van der Waals surface area contributed by atoms with Gasteiger partial charge in [-0.3, -0.25) is 4.79 Å². The molecule has 5 heteroatoms. The maximum atomic E-state index is 12.1. The van der Waals surface area contributed by atoms with Crippen LogP contribution < -0.4 is 10.1 Å². The van der Waals surface area contributed by atoms with Crippen LogP contribution in [0.3, 0.4) is 0 Å². The van der Waals surface area contributed by atoms with Crippen LogP contribution in [-0.2, 0) is 4.74 Å². The average Bonchev–Trinajstić information content (AvgIpc) is 2.62. The molecular formula is C18H18N2O3. The van der Waals surface area contributed by atoms with E-state index in [1.165, 1.54) is 0 Å². The SMILES string of the molecule is COc1cccc(C(CNC(=O)c2ccc(C#N)cc2)OC)c1. The maximum Gasteiger partial charge on any atom is 0.251 e. The topological polar surface area (TPSA) is 71.3 Å². The van der Waals surface area contributed by atoms with Crippen LogP contribution in [0.2, 0.25) is 0 Å². The number of rotatable bonds is 6. The molecule has 1 unspecified atom stereocenters. The van der Waals surface area contributed by atoms with E-state index in [0.29, 0.717) is 17.7 Å². The van der Waals surface area contributed by atoms with E-state index in [1.54, 1.807) is 38.5 Å². The predicted octanol–water partition coefficient (Wildman–Crippen LogP) is 2.68. The molecule has 0 aliphatic heterocycles. The van der Waals surface area contributed by atoms with Crippen molar-refractivity contribution in [2.24, 2.45) is 0 Å². The van der Waals surface area contributed by atoms with Gasteiger partial charge in [-0.15, -0.1) is 0 Å². The highest BCUT2D eigenvalue weighted by Crippen LogP contribution is 2.21. The molecule has 0 spiro atoms. The number of methoxy groups -OCH3 is 2. The number of nitriles is 1. The van der Waals surface area contributed by atoms with Crippen molar-refractivity contribution >= 4 is 5.91 Å². The fourth-order valence-corrected chi connectivity index (χ4v) is 2.16. The van der Waals surface area contributed by atoms with Crippen molar-refractivity contribution in [1.82, 2.24) is 5.32 Å². The van der Waals surface area contributed by atoms with Gasteiger partial charge >= 0.3 is 0 Å². The molecule has 118 valence electrons. The quantitative estimate of drug-likeness (QED) is 0.890. The van der Waals surface area contributed by atoms with Crippen molar-refractivity contribution in [2.75, 3.05) is 20.8 Å². The standard InChI is InChI=1S/C18H18N2O3/c1-22-16-5-3-4-15(10-16)17(23-2)12-20-18(21)14-8-6-13(11-19)7-9-14/h3-10,17H,12H2,1-2H3,(H,20,21). The third-order valence-electron chi connectivity index (χ3n) is 3.47. The molecule has 0 saturated heterocycles. The van der Waals surface area contributed by atoms with Gasteiger partial charge in [0.25, 0.3) is 5.91 Å². The van der Waals surface area contributed by atoms with Gasteiger partial charge in [-0.05, 0) is 42.0 Å².